The van der Waals surface area contributed by atoms with E-state index >= 15 is 0 Å². The summed E-state index contributed by atoms with van der Waals surface area (Å²) in [5, 5.41) is 8.96. The van der Waals surface area contributed by atoms with Crippen LogP contribution in [-0.2, 0) is 4.79 Å². The van der Waals surface area contributed by atoms with Crippen molar-refractivity contribution in [3.05, 3.63) is 0 Å². The Hall–Kier alpha value is -0.530. The molecule has 0 amide bonds. The van der Waals surface area contributed by atoms with Crippen molar-refractivity contribution < 1.29 is 9.90 Å². The van der Waals surface area contributed by atoms with Crippen molar-refractivity contribution in [2.75, 3.05) is 0 Å². The largest absolute Gasteiger partial charge is 0.481 e. The highest BCUT2D eigenvalue weighted by Gasteiger charge is 2.53. The van der Waals surface area contributed by atoms with Crippen LogP contribution in [0.4, 0.5) is 0 Å². The number of hydrogen-bond acceptors (Lipinski definition) is 1. The zero-order valence-electron chi connectivity index (χ0n) is 10.5. The van der Waals surface area contributed by atoms with Crippen LogP contribution in [0.15, 0.2) is 0 Å². The van der Waals surface area contributed by atoms with Gasteiger partial charge in [-0.05, 0) is 55.8 Å². The van der Waals surface area contributed by atoms with Gasteiger partial charge in [0, 0.05) is 0 Å². The van der Waals surface area contributed by atoms with Crippen molar-refractivity contribution in [3.8, 4) is 0 Å². The Kier molecular flexibility index (Phi) is 3.56. The average molecular weight is 224 g/mol. The minimum absolute atomic E-state index is 0.00148. The summed E-state index contributed by atoms with van der Waals surface area (Å²) in [6.07, 6.45) is 7.42. The number of carboxylic acids is 1. The van der Waals surface area contributed by atoms with Crippen molar-refractivity contribution in [3.63, 3.8) is 0 Å². The summed E-state index contributed by atoms with van der Waals surface area (Å²) >= 11 is 0. The predicted octanol–water partition coefficient (Wildman–Crippen LogP) is 3.56. The number of hydrogen-bond donors (Lipinski definition) is 1. The quantitative estimate of drug-likeness (QED) is 0.739. The molecule has 2 bridgehead atoms. The van der Waals surface area contributed by atoms with Crippen molar-refractivity contribution in [2.45, 2.75) is 52.4 Å². The summed E-state index contributed by atoms with van der Waals surface area (Å²) in [6, 6.07) is 0. The lowest BCUT2D eigenvalue weighted by atomic mass is 9.82. The number of carbonyl (C=O) groups is 1. The van der Waals surface area contributed by atoms with Gasteiger partial charge in [0.25, 0.3) is 0 Å². The molecule has 3 aliphatic rings. The normalized spacial score (nSPS) is 43.8. The molecule has 0 aromatic carbocycles. The van der Waals surface area contributed by atoms with Gasteiger partial charge in [0.2, 0.25) is 0 Å². The Morgan fingerprint density at radius 3 is 1.88 bits per heavy atom. The molecule has 0 saturated heterocycles. The van der Waals surface area contributed by atoms with E-state index in [2.05, 4.69) is 13.8 Å². The van der Waals surface area contributed by atoms with E-state index in [-0.39, 0.29) is 5.92 Å². The highest BCUT2D eigenvalue weighted by molar-refractivity contribution is 5.70. The third kappa shape index (κ3) is 1.99. The molecule has 0 aliphatic heterocycles. The fourth-order valence-corrected chi connectivity index (χ4v) is 4.22. The monoisotopic (exact) mass is 224 g/mol. The first kappa shape index (κ1) is 11.9. The molecule has 4 unspecified atom stereocenters. The fraction of sp³-hybridized carbons (Fsp3) is 0.929. The van der Waals surface area contributed by atoms with Crippen molar-refractivity contribution >= 4 is 5.97 Å². The first-order valence-electron chi connectivity index (χ1n) is 6.90. The first-order chi connectivity index (χ1) is 7.67. The molecule has 3 rings (SSSR count). The van der Waals surface area contributed by atoms with Crippen LogP contribution < -0.4 is 0 Å². The number of fused-ring (bicyclic) bond motifs is 5. The van der Waals surface area contributed by atoms with Crippen LogP contribution in [0.3, 0.4) is 0 Å². The van der Waals surface area contributed by atoms with E-state index in [4.69, 9.17) is 5.11 Å². The molecular weight excluding hydrogens is 200 g/mol. The van der Waals surface area contributed by atoms with Crippen LogP contribution in [0.25, 0.3) is 0 Å². The summed E-state index contributed by atoms with van der Waals surface area (Å²) in [5.41, 5.74) is 0. The predicted molar refractivity (Wildman–Crippen MR) is 64.1 cm³/mol. The van der Waals surface area contributed by atoms with Crippen molar-refractivity contribution in [1.82, 2.24) is 0 Å². The van der Waals surface area contributed by atoms with E-state index in [0.29, 0.717) is 0 Å². The van der Waals surface area contributed by atoms with E-state index in [1.807, 2.05) is 0 Å². The zero-order valence-corrected chi connectivity index (χ0v) is 10.5. The second-order valence-electron chi connectivity index (χ2n) is 5.87. The molecule has 0 aromatic heterocycles. The minimum Gasteiger partial charge on any atom is -0.481 e. The zero-order chi connectivity index (χ0) is 11.7. The molecule has 16 heavy (non-hydrogen) atoms. The van der Waals surface area contributed by atoms with Gasteiger partial charge in [-0.15, -0.1) is 0 Å². The third-order valence-electron chi connectivity index (χ3n) is 4.74. The number of carboxylic acid groups (broad SMARTS) is 1. The lowest BCUT2D eigenvalue weighted by molar-refractivity contribution is -0.141. The molecule has 3 saturated carbocycles. The molecule has 1 N–H and O–H groups in total. The highest BCUT2D eigenvalue weighted by Crippen LogP contribution is 2.59. The summed E-state index contributed by atoms with van der Waals surface area (Å²) < 4.78 is 0. The molecule has 0 radical (unpaired) electrons. The second-order valence-corrected chi connectivity index (χ2v) is 5.87. The maximum atomic E-state index is 10.9. The fourth-order valence-electron chi connectivity index (χ4n) is 4.22. The van der Waals surface area contributed by atoms with E-state index in [0.717, 1.165) is 36.5 Å². The third-order valence-corrected chi connectivity index (χ3v) is 4.74. The minimum atomic E-state index is -0.547. The van der Waals surface area contributed by atoms with E-state index in [9.17, 15) is 4.79 Å². The van der Waals surface area contributed by atoms with Gasteiger partial charge >= 0.3 is 5.97 Å². The molecular formula is C14H24O2. The van der Waals surface area contributed by atoms with Gasteiger partial charge in [-0.1, -0.05) is 20.3 Å². The SMILES string of the molecule is CCC.O=C(O)C1CC2C3CCC(C3)C2C1. The van der Waals surface area contributed by atoms with E-state index in [1.54, 1.807) is 0 Å². The summed E-state index contributed by atoms with van der Waals surface area (Å²) in [7, 11) is 0. The lowest BCUT2D eigenvalue weighted by Crippen LogP contribution is -2.15. The van der Waals surface area contributed by atoms with Crippen molar-refractivity contribution in [2.24, 2.45) is 29.6 Å². The molecule has 4 atom stereocenters. The van der Waals surface area contributed by atoms with Gasteiger partial charge in [0.05, 0.1) is 5.92 Å². The molecule has 0 heterocycles. The Balaban J connectivity index is 0.000000292. The van der Waals surface area contributed by atoms with E-state index in [1.165, 1.54) is 25.7 Å². The van der Waals surface area contributed by atoms with E-state index < -0.39 is 5.97 Å². The first-order valence-corrected chi connectivity index (χ1v) is 6.90. The second kappa shape index (κ2) is 4.77. The molecule has 2 nitrogen and oxygen atoms in total. The Labute approximate surface area is 98.4 Å². The number of aliphatic carboxylic acids is 1. The van der Waals surface area contributed by atoms with Gasteiger partial charge in [0.15, 0.2) is 0 Å². The molecule has 92 valence electrons. The summed E-state index contributed by atoms with van der Waals surface area (Å²) in [4.78, 5) is 10.9. The molecule has 0 spiro atoms. The van der Waals surface area contributed by atoms with Crippen LogP contribution in [0.5, 0.6) is 0 Å². The summed E-state index contributed by atoms with van der Waals surface area (Å²) in [6.45, 7) is 4.25. The summed E-state index contributed by atoms with van der Waals surface area (Å²) in [5.74, 6) is 2.84. The molecule has 3 aliphatic carbocycles. The Bertz CT molecular complexity index is 243. The van der Waals surface area contributed by atoms with Crippen LogP contribution in [0, 0.1) is 29.6 Å². The molecule has 2 heteroatoms. The van der Waals surface area contributed by atoms with Gasteiger partial charge in [-0.25, -0.2) is 0 Å². The highest BCUT2D eigenvalue weighted by atomic mass is 16.4. The molecule has 0 aromatic rings. The van der Waals surface area contributed by atoms with Crippen molar-refractivity contribution in [1.29, 1.82) is 0 Å². The average Bonchev–Trinajstić information content (AvgIpc) is 2.91. The maximum Gasteiger partial charge on any atom is 0.306 e. The lowest BCUT2D eigenvalue weighted by Gasteiger charge is -2.23. The number of rotatable bonds is 1. The van der Waals surface area contributed by atoms with Crippen LogP contribution in [0.1, 0.15) is 52.4 Å². The molecule has 3 fully saturated rings. The van der Waals surface area contributed by atoms with Crippen LogP contribution >= 0.6 is 0 Å². The smallest absolute Gasteiger partial charge is 0.306 e. The Morgan fingerprint density at radius 2 is 1.50 bits per heavy atom. The Morgan fingerprint density at radius 1 is 1.06 bits per heavy atom. The van der Waals surface area contributed by atoms with Gasteiger partial charge in [0.1, 0.15) is 0 Å². The van der Waals surface area contributed by atoms with Gasteiger partial charge in [-0.2, -0.15) is 0 Å². The topological polar surface area (TPSA) is 37.3 Å². The standard InChI is InChI=1S/C11H16O2.C3H8/c12-11(13)8-4-9-6-1-2-7(3-6)10(9)5-8;1-3-2/h6-10H,1-5H2,(H,12,13);3H2,1-2H3. The van der Waals surface area contributed by atoms with Gasteiger partial charge < -0.3 is 5.11 Å². The van der Waals surface area contributed by atoms with Crippen LogP contribution in [0.2, 0.25) is 0 Å². The van der Waals surface area contributed by atoms with Gasteiger partial charge in [-0.3, -0.25) is 4.79 Å². The van der Waals surface area contributed by atoms with Crippen LogP contribution in [-0.4, -0.2) is 11.1 Å². The maximum absolute atomic E-state index is 10.9.